The van der Waals surface area contributed by atoms with E-state index in [1.54, 1.807) is 32.2 Å². The molecule has 0 aliphatic carbocycles. The van der Waals surface area contributed by atoms with Crippen molar-refractivity contribution >= 4 is 17.3 Å². The van der Waals surface area contributed by atoms with Crippen LogP contribution in [0, 0.1) is 0 Å². The summed E-state index contributed by atoms with van der Waals surface area (Å²) in [5, 5.41) is 6.62. The van der Waals surface area contributed by atoms with Crippen LogP contribution in [0.1, 0.15) is 18.1 Å². The summed E-state index contributed by atoms with van der Waals surface area (Å²) >= 11 is 0. The number of ether oxygens (including phenoxy) is 1. The van der Waals surface area contributed by atoms with E-state index in [9.17, 15) is 18.0 Å². The second kappa shape index (κ2) is 8.37. The maximum Gasteiger partial charge on any atom is 0.416 e. The Morgan fingerprint density at radius 2 is 1.88 bits per heavy atom. The normalized spacial score (nSPS) is 11.8. The number of benzene rings is 2. The van der Waals surface area contributed by atoms with Crippen molar-refractivity contribution in [1.82, 2.24) is 5.43 Å². The Hall–Kier alpha value is -3.03. The van der Waals surface area contributed by atoms with E-state index in [0.29, 0.717) is 11.5 Å². The van der Waals surface area contributed by atoms with E-state index >= 15 is 0 Å². The van der Waals surface area contributed by atoms with Gasteiger partial charge < -0.3 is 10.1 Å². The first kappa shape index (κ1) is 19.3. The highest BCUT2D eigenvalue weighted by molar-refractivity contribution is 5.99. The average molecular weight is 365 g/mol. The largest absolute Gasteiger partial charge is 0.497 e. The average Bonchev–Trinajstić information content (AvgIpc) is 2.64. The zero-order valence-electron chi connectivity index (χ0n) is 14.2. The summed E-state index contributed by atoms with van der Waals surface area (Å²) in [6, 6.07) is 11.8. The van der Waals surface area contributed by atoms with Crippen LogP contribution in [-0.4, -0.2) is 25.3 Å². The number of amides is 1. The highest BCUT2D eigenvalue weighted by Crippen LogP contribution is 2.30. The van der Waals surface area contributed by atoms with Gasteiger partial charge in [0.25, 0.3) is 5.91 Å². The first-order valence-corrected chi connectivity index (χ1v) is 7.68. The molecule has 0 aromatic heterocycles. The Kier molecular flexibility index (Phi) is 6.21. The maximum atomic E-state index is 12.7. The minimum absolute atomic E-state index is 0.198. The molecule has 8 heteroatoms. The van der Waals surface area contributed by atoms with Gasteiger partial charge in [-0.3, -0.25) is 4.79 Å². The van der Waals surface area contributed by atoms with E-state index in [-0.39, 0.29) is 12.2 Å². The molecule has 0 fully saturated rings. The van der Waals surface area contributed by atoms with Gasteiger partial charge in [-0.05, 0) is 37.3 Å². The molecule has 2 rings (SSSR count). The molecule has 1 amide bonds. The number of alkyl halides is 3. The number of carbonyl (C=O) groups excluding carboxylic acids is 1. The van der Waals surface area contributed by atoms with Crippen LogP contribution in [0.5, 0.6) is 5.75 Å². The molecule has 0 unspecified atom stereocenters. The lowest BCUT2D eigenvalue weighted by molar-refractivity contribution is -0.137. The maximum absolute atomic E-state index is 12.7. The molecule has 0 heterocycles. The van der Waals surface area contributed by atoms with Gasteiger partial charge >= 0.3 is 6.18 Å². The van der Waals surface area contributed by atoms with Gasteiger partial charge in [-0.25, -0.2) is 5.43 Å². The topological polar surface area (TPSA) is 62.7 Å². The predicted molar refractivity (Wildman–Crippen MR) is 93.3 cm³/mol. The lowest BCUT2D eigenvalue weighted by Gasteiger charge is -2.10. The van der Waals surface area contributed by atoms with Gasteiger partial charge in [0.1, 0.15) is 5.75 Å². The van der Waals surface area contributed by atoms with Gasteiger partial charge in [0.05, 0.1) is 24.9 Å². The van der Waals surface area contributed by atoms with Crippen molar-refractivity contribution in [3.8, 4) is 5.75 Å². The number of rotatable bonds is 6. The van der Waals surface area contributed by atoms with Gasteiger partial charge in [0.2, 0.25) is 0 Å². The number of carbonyl (C=O) groups is 1. The summed E-state index contributed by atoms with van der Waals surface area (Å²) in [6.45, 7) is 1.51. The first-order valence-electron chi connectivity index (χ1n) is 7.68. The van der Waals surface area contributed by atoms with Crippen molar-refractivity contribution in [3.63, 3.8) is 0 Å². The van der Waals surface area contributed by atoms with Crippen LogP contribution >= 0.6 is 0 Å². The number of nitrogens with one attached hydrogen (secondary N) is 2. The molecular formula is C18H18F3N3O2. The van der Waals surface area contributed by atoms with Crippen LogP contribution in [0.15, 0.2) is 53.6 Å². The van der Waals surface area contributed by atoms with Crippen LogP contribution in [0.2, 0.25) is 0 Å². The van der Waals surface area contributed by atoms with Gasteiger partial charge in [-0.2, -0.15) is 18.3 Å². The Morgan fingerprint density at radius 1 is 1.15 bits per heavy atom. The number of hydrazone groups is 1. The fourth-order valence-corrected chi connectivity index (χ4v) is 2.09. The van der Waals surface area contributed by atoms with Crippen molar-refractivity contribution in [1.29, 1.82) is 0 Å². The molecule has 0 bridgehead atoms. The molecule has 2 aromatic rings. The zero-order valence-corrected chi connectivity index (χ0v) is 14.2. The van der Waals surface area contributed by atoms with Crippen LogP contribution in [0.3, 0.4) is 0 Å². The lowest BCUT2D eigenvalue weighted by atomic mass is 10.1. The molecule has 0 saturated carbocycles. The van der Waals surface area contributed by atoms with Crippen molar-refractivity contribution in [3.05, 3.63) is 59.7 Å². The highest BCUT2D eigenvalue weighted by Gasteiger charge is 2.30. The van der Waals surface area contributed by atoms with Crippen molar-refractivity contribution in [2.45, 2.75) is 13.1 Å². The third-order valence-corrected chi connectivity index (χ3v) is 3.48. The Balaban J connectivity index is 1.92. The molecule has 138 valence electrons. The zero-order chi connectivity index (χ0) is 19.2. The molecule has 2 aromatic carbocycles. The molecule has 5 nitrogen and oxygen atoms in total. The third kappa shape index (κ3) is 5.51. The smallest absolute Gasteiger partial charge is 0.416 e. The van der Waals surface area contributed by atoms with Crippen LogP contribution < -0.4 is 15.5 Å². The number of methoxy groups -OCH3 is 1. The quantitative estimate of drug-likeness (QED) is 0.607. The van der Waals surface area contributed by atoms with Crippen molar-refractivity contribution < 1.29 is 22.7 Å². The van der Waals surface area contributed by atoms with Crippen molar-refractivity contribution in [2.24, 2.45) is 5.10 Å². The third-order valence-electron chi connectivity index (χ3n) is 3.48. The summed E-state index contributed by atoms with van der Waals surface area (Å²) in [7, 11) is 1.55. The predicted octanol–water partition coefficient (Wildman–Crippen LogP) is 3.67. The van der Waals surface area contributed by atoms with Gasteiger partial charge in [-0.1, -0.05) is 18.2 Å². The number of anilines is 1. The molecule has 0 aliphatic heterocycles. The van der Waals surface area contributed by atoms with E-state index < -0.39 is 17.6 Å². The number of nitrogens with zero attached hydrogens (tertiary/aromatic N) is 1. The van der Waals surface area contributed by atoms with E-state index in [2.05, 4.69) is 15.8 Å². The summed E-state index contributed by atoms with van der Waals surface area (Å²) in [6.07, 6.45) is -4.43. The Morgan fingerprint density at radius 3 is 2.58 bits per heavy atom. The summed E-state index contributed by atoms with van der Waals surface area (Å²) in [5.41, 5.74) is 3.11. The lowest BCUT2D eigenvalue weighted by Crippen LogP contribution is -2.26. The molecule has 0 spiro atoms. The SMILES string of the molecule is COc1cccc(/C(C)=N\NC(=O)CNc2cccc(C(F)(F)F)c2)c1. The molecule has 26 heavy (non-hydrogen) atoms. The summed E-state index contributed by atoms with van der Waals surface area (Å²) in [5.74, 6) is 0.180. The van der Waals surface area contributed by atoms with Crippen LogP contribution in [0.25, 0.3) is 0 Å². The standard InChI is InChI=1S/C18H18F3N3O2/c1-12(13-5-3-8-16(9-13)26-2)23-24-17(25)11-22-15-7-4-6-14(10-15)18(19,20)21/h3-10,22H,11H2,1-2H3,(H,24,25)/b23-12-. The van der Waals surface area contributed by atoms with E-state index in [1.165, 1.54) is 12.1 Å². The number of halogens is 3. The molecule has 0 aliphatic rings. The van der Waals surface area contributed by atoms with Gasteiger partial charge in [-0.15, -0.1) is 0 Å². The molecule has 0 saturated heterocycles. The molecule has 0 atom stereocenters. The number of hydrogen-bond donors (Lipinski definition) is 2. The summed E-state index contributed by atoms with van der Waals surface area (Å²) in [4.78, 5) is 11.8. The second-order valence-electron chi connectivity index (χ2n) is 5.40. The summed E-state index contributed by atoms with van der Waals surface area (Å²) < 4.78 is 43.1. The van der Waals surface area contributed by atoms with Crippen LogP contribution in [0.4, 0.5) is 18.9 Å². The van der Waals surface area contributed by atoms with Crippen LogP contribution in [-0.2, 0) is 11.0 Å². The molecule has 0 radical (unpaired) electrons. The van der Waals surface area contributed by atoms with Gasteiger partial charge in [0.15, 0.2) is 0 Å². The highest BCUT2D eigenvalue weighted by atomic mass is 19.4. The molecular weight excluding hydrogens is 347 g/mol. The minimum atomic E-state index is -4.43. The van der Waals surface area contributed by atoms with E-state index in [1.807, 2.05) is 6.07 Å². The fraction of sp³-hybridized carbons (Fsp3) is 0.222. The monoisotopic (exact) mass is 365 g/mol. The fourth-order valence-electron chi connectivity index (χ4n) is 2.09. The molecule has 2 N–H and O–H groups in total. The minimum Gasteiger partial charge on any atom is -0.497 e. The van der Waals surface area contributed by atoms with E-state index in [0.717, 1.165) is 17.7 Å². The first-order chi connectivity index (χ1) is 12.3. The number of hydrogen-bond acceptors (Lipinski definition) is 4. The van der Waals surface area contributed by atoms with Crippen molar-refractivity contribution in [2.75, 3.05) is 19.0 Å². The Bertz CT molecular complexity index is 804. The Labute approximate surface area is 148 Å². The van der Waals surface area contributed by atoms with E-state index in [4.69, 9.17) is 4.74 Å². The second-order valence-corrected chi connectivity index (χ2v) is 5.40. The van der Waals surface area contributed by atoms with Gasteiger partial charge in [0, 0.05) is 11.3 Å².